The van der Waals surface area contributed by atoms with Gasteiger partial charge in [0.05, 0.1) is 25.4 Å². The van der Waals surface area contributed by atoms with Crippen LogP contribution in [0.15, 0.2) is 0 Å². The van der Waals surface area contributed by atoms with Crippen LogP contribution in [0.2, 0.25) is 0 Å². The molecular weight excluding hydrogens is 739 g/mol. The lowest BCUT2D eigenvalue weighted by molar-refractivity contribution is -0.298. The van der Waals surface area contributed by atoms with Gasteiger partial charge in [0.15, 0.2) is 6.29 Å². The van der Waals surface area contributed by atoms with Crippen LogP contribution in [-0.2, 0) is 28.9 Å². The maximum Gasteiger partial charge on any atom is 0.397 e. The van der Waals surface area contributed by atoms with E-state index in [1.54, 1.807) is 0 Å². The van der Waals surface area contributed by atoms with Crippen molar-refractivity contribution in [3.63, 3.8) is 0 Å². The Hall–Kier alpha value is -0.900. The fourth-order valence-corrected chi connectivity index (χ4v) is 8.09. The topological polar surface area (TPSA) is 192 Å². The predicted molar refractivity (Wildman–Crippen MR) is 223 cm³/mol. The average molecular weight is 824 g/mol. The Kier molecular flexibility index (Phi) is 33.1. The molecule has 7 atom stereocenters. The molecule has 1 aliphatic heterocycles. The van der Waals surface area contributed by atoms with Crippen LogP contribution in [0.5, 0.6) is 0 Å². The molecule has 1 rings (SSSR count). The molecule has 1 fully saturated rings. The molecule has 0 aliphatic carbocycles. The lowest BCUT2D eigenvalue weighted by Gasteiger charge is -2.41. The number of ether oxygens (including phenoxy) is 2. The molecule has 0 spiro atoms. The number of rotatable bonds is 39. The highest BCUT2D eigenvalue weighted by molar-refractivity contribution is 7.80. The van der Waals surface area contributed by atoms with Gasteiger partial charge in [-0.15, -0.1) is 0 Å². The lowest BCUT2D eigenvalue weighted by atomic mass is 9.99. The average Bonchev–Trinajstić information content (AvgIpc) is 3.16. The molecule has 7 unspecified atom stereocenters. The van der Waals surface area contributed by atoms with Crippen molar-refractivity contribution in [2.75, 3.05) is 13.2 Å². The highest BCUT2D eigenvalue weighted by Crippen LogP contribution is 2.26. The summed E-state index contributed by atoms with van der Waals surface area (Å²) in [6, 6.07) is -0.850. The predicted octanol–water partition coefficient (Wildman–Crippen LogP) is 8.61. The molecule has 334 valence electrons. The molecule has 1 aliphatic rings. The first kappa shape index (κ1) is 53.1. The van der Waals surface area contributed by atoms with Crippen molar-refractivity contribution < 1.29 is 51.8 Å². The molecule has 0 bridgehead atoms. The summed E-state index contributed by atoms with van der Waals surface area (Å²) in [5.41, 5.74) is 0. The van der Waals surface area contributed by atoms with E-state index in [-0.39, 0.29) is 12.5 Å². The Balaban J connectivity index is 2.47. The van der Waals surface area contributed by atoms with E-state index in [0.29, 0.717) is 12.8 Å². The summed E-state index contributed by atoms with van der Waals surface area (Å²) in [5, 5.41) is 44.8. The summed E-state index contributed by atoms with van der Waals surface area (Å²) in [4.78, 5) is 13.0. The Labute approximate surface area is 341 Å². The fraction of sp³-hybridized carbons (Fsp3) is 0.977. The smallest absolute Gasteiger partial charge is 0.394 e. The van der Waals surface area contributed by atoms with Crippen molar-refractivity contribution in [2.24, 2.45) is 0 Å². The van der Waals surface area contributed by atoms with Crippen LogP contribution in [0.4, 0.5) is 0 Å². The van der Waals surface area contributed by atoms with E-state index < -0.39 is 59.9 Å². The highest BCUT2D eigenvalue weighted by Gasteiger charge is 2.48. The quantitative estimate of drug-likeness (QED) is 0.0257. The zero-order valence-electron chi connectivity index (χ0n) is 35.5. The first-order chi connectivity index (χ1) is 27.0. The van der Waals surface area contributed by atoms with Gasteiger partial charge in [-0.05, 0) is 12.8 Å². The van der Waals surface area contributed by atoms with Crippen molar-refractivity contribution >= 4 is 16.3 Å². The van der Waals surface area contributed by atoms with Gasteiger partial charge < -0.3 is 35.2 Å². The van der Waals surface area contributed by atoms with E-state index in [1.807, 2.05) is 0 Å². The molecule has 1 heterocycles. The van der Waals surface area contributed by atoms with Crippen LogP contribution >= 0.6 is 0 Å². The van der Waals surface area contributed by atoms with Gasteiger partial charge in [-0.25, -0.2) is 4.18 Å². The third kappa shape index (κ3) is 27.7. The molecule has 0 radical (unpaired) electrons. The minimum atomic E-state index is -5.07. The first-order valence-corrected chi connectivity index (χ1v) is 24.3. The molecule has 1 amide bonds. The van der Waals surface area contributed by atoms with Crippen molar-refractivity contribution in [1.29, 1.82) is 0 Å². The number of hydrogen-bond acceptors (Lipinski definition) is 10. The van der Waals surface area contributed by atoms with E-state index in [9.17, 15) is 33.6 Å². The number of aliphatic hydroxyl groups excluding tert-OH is 4. The van der Waals surface area contributed by atoms with Crippen LogP contribution in [0, 0.1) is 0 Å². The van der Waals surface area contributed by atoms with E-state index in [0.717, 1.165) is 51.4 Å². The lowest BCUT2D eigenvalue weighted by Crippen LogP contribution is -2.61. The summed E-state index contributed by atoms with van der Waals surface area (Å²) in [7, 11) is -5.07. The second-order valence-corrected chi connectivity index (χ2v) is 17.4. The minimum absolute atomic E-state index is 0.229. The van der Waals surface area contributed by atoms with E-state index in [1.165, 1.54) is 135 Å². The van der Waals surface area contributed by atoms with Crippen LogP contribution in [0.3, 0.4) is 0 Å². The van der Waals surface area contributed by atoms with Crippen LogP contribution in [0.25, 0.3) is 0 Å². The number of carbonyl (C=O) groups excluding carboxylic acids is 1. The number of amides is 1. The largest absolute Gasteiger partial charge is 0.397 e. The van der Waals surface area contributed by atoms with Gasteiger partial charge in [0.2, 0.25) is 5.91 Å². The molecule has 1 saturated heterocycles. The van der Waals surface area contributed by atoms with Crippen LogP contribution in [0.1, 0.15) is 213 Å². The molecule has 0 aromatic heterocycles. The van der Waals surface area contributed by atoms with E-state index in [2.05, 4.69) is 23.3 Å². The standard InChI is InChI=1S/C43H85NO11S/c1-3-5-7-9-11-13-15-16-17-18-19-20-21-23-24-26-28-30-32-37(46)36(44-39(47)33-31-29-27-25-22-14-12-10-8-6-4-2)35-53-43-41(49)42(55-56(50,51)52)40(48)38(34-45)54-43/h36-38,40-43,45-46,48-49H,3-35H2,1-2H3,(H,44,47)(H,50,51,52). The first-order valence-electron chi connectivity index (χ1n) is 22.9. The Morgan fingerprint density at radius 1 is 0.643 bits per heavy atom. The highest BCUT2D eigenvalue weighted by atomic mass is 32.3. The molecule has 0 aromatic carbocycles. The van der Waals surface area contributed by atoms with Crippen molar-refractivity contribution in [3.8, 4) is 0 Å². The molecule has 0 aromatic rings. The summed E-state index contributed by atoms with van der Waals surface area (Å²) >= 11 is 0. The summed E-state index contributed by atoms with van der Waals surface area (Å²) in [5.74, 6) is -0.229. The van der Waals surface area contributed by atoms with Gasteiger partial charge in [0.1, 0.15) is 24.4 Å². The van der Waals surface area contributed by atoms with Crippen molar-refractivity contribution in [2.45, 2.75) is 256 Å². The summed E-state index contributed by atoms with van der Waals surface area (Å²) in [6.45, 7) is 3.44. The van der Waals surface area contributed by atoms with Gasteiger partial charge in [0.25, 0.3) is 0 Å². The van der Waals surface area contributed by atoms with Crippen LogP contribution in [-0.4, -0.2) is 95.4 Å². The third-order valence-electron chi connectivity index (χ3n) is 11.2. The normalized spacial score (nSPS) is 21.3. The third-order valence-corrected chi connectivity index (χ3v) is 11.6. The number of nitrogens with one attached hydrogen (secondary N) is 1. The van der Waals surface area contributed by atoms with Crippen molar-refractivity contribution in [1.82, 2.24) is 5.32 Å². The summed E-state index contributed by atoms with van der Waals surface area (Å²) in [6.07, 6.45) is 26.8. The minimum Gasteiger partial charge on any atom is -0.394 e. The second-order valence-electron chi connectivity index (χ2n) is 16.4. The van der Waals surface area contributed by atoms with Crippen LogP contribution < -0.4 is 5.32 Å². The molecule has 56 heavy (non-hydrogen) atoms. The maximum absolute atomic E-state index is 13.0. The second kappa shape index (κ2) is 34.9. The molecular formula is C43H85NO11S. The fourth-order valence-electron chi connectivity index (χ4n) is 7.58. The van der Waals surface area contributed by atoms with Gasteiger partial charge in [-0.3, -0.25) is 9.35 Å². The molecule has 6 N–H and O–H groups in total. The zero-order chi connectivity index (χ0) is 41.3. The Bertz CT molecular complexity index is 1020. The molecule has 0 saturated carbocycles. The molecule has 12 nitrogen and oxygen atoms in total. The summed E-state index contributed by atoms with van der Waals surface area (Å²) < 4.78 is 47.6. The number of hydrogen-bond donors (Lipinski definition) is 6. The SMILES string of the molecule is CCCCCCCCCCCCCCCCCCCCC(O)C(COC1OC(CO)C(O)C(OS(=O)(=O)O)C1O)NC(=O)CCCCCCCCCCCCC. The zero-order valence-corrected chi connectivity index (χ0v) is 36.3. The van der Waals surface area contributed by atoms with Gasteiger partial charge in [-0.1, -0.05) is 194 Å². The van der Waals surface area contributed by atoms with Gasteiger partial charge >= 0.3 is 10.4 Å². The number of aliphatic hydroxyl groups is 4. The van der Waals surface area contributed by atoms with Crippen molar-refractivity contribution in [3.05, 3.63) is 0 Å². The number of carbonyl (C=O) groups is 1. The maximum atomic E-state index is 13.0. The number of unbranched alkanes of at least 4 members (excludes halogenated alkanes) is 27. The van der Waals surface area contributed by atoms with Gasteiger partial charge in [-0.2, -0.15) is 8.42 Å². The monoisotopic (exact) mass is 824 g/mol. The molecule has 13 heteroatoms. The van der Waals surface area contributed by atoms with E-state index in [4.69, 9.17) is 14.0 Å². The van der Waals surface area contributed by atoms with Gasteiger partial charge in [0, 0.05) is 6.42 Å². The van der Waals surface area contributed by atoms with E-state index >= 15 is 0 Å². The Morgan fingerprint density at radius 2 is 1.04 bits per heavy atom. The Morgan fingerprint density at radius 3 is 1.43 bits per heavy atom.